The summed E-state index contributed by atoms with van der Waals surface area (Å²) in [5.41, 5.74) is 0.428. The number of nitrogens with zero attached hydrogens (tertiary/aromatic N) is 3. The summed E-state index contributed by atoms with van der Waals surface area (Å²) < 4.78 is 16.4. The van der Waals surface area contributed by atoms with Gasteiger partial charge in [-0.05, 0) is 123 Å². The molecule has 3 aliphatic rings. The van der Waals surface area contributed by atoms with Crippen LogP contribution in [-0.4, -0.2) is 149 Å². The van der Waals surface area contributed by atoms with E-state index in [1.165, 1.54) is 5.56 Å². The second-order valence-electron chi connectivity index (χ2n) is 23.5. The number of allylic oxidation sites excluding steroid dienone is 3. The summed E-state index contributed by atoms with van der Waals surface area (Å²) in [5.74, 6) is 0.171. The number of hydrogen-bond donors (Lipinski definition) is 2. The molecule has 3 atom stereocenters. The summed E-state index contributed by atoms with van der Waals surface area (Å²) in [5, 5.41) is 6.45. The monoisotopic (exact) mass is 1690 g/mol. The normalized spacial score (nSPS) is 19.2. The number of carbonyl (C=O) groups is 5. The Hall–Kier alpha value is -1.29. The van der Waals surface area contributed by atoms with Crippen LogP contribution in [0.25, 0.3) is 0 Å². The first-order valence-electron chi connectivity index (χ1n) is 26.9. The van der Waals surface area contributed by atoms with Gasteiger partial charge in [0.1, 0.15) is 22.6 Å². The molecule has 0 unspecified atom stereocenters. The molecule has 3 saturated heterocycles. The largest absolute Gasteiger partial charge is 1.00 e. The summed E-state index contributed by atoms with van der Waals surface area (Å²) in [6.45, 7) is 33.5. The van der Waals surface area contributed by atoms with Crippen LogP contribution in [0.1, 0.15) is 135 Å². The second kappa shape index (κ2) is 45.9. The zero-order valence-electron chi connectivity index (χ0n) is 52.0. The van der Waals surface area contributed by atoms with E-state index in [1.54, 1.807) is 22.0 Å². The molecule has 486 valence electrons. The van der Waals surface area contributed by atoms with E-state index in [-0.39, 0.29) is 124 Å². The molecule has 15 nitrogen and oxygen atoms in total. The Morgan fingerprint density at radius 1 is 0.575 bits per heavy atom. The minimum absolute atomic E-state index is 0. The summed E-state index contributed by atoms with van der Waals surface area (Å²) in [6, 6.07) is 30.3. The summed E-state index contributed by atoms with van der Waals surface area (Å²) in [6.07, 6.45) is 9.67. The van der Waals surface area contributed by atoms with Crippen molar-refractivity contribution >= 4 is 131 Å². The molecule has 0 bridgehead atoms. The first-order valence-corrected chi connectivity index (χ1v) is 38.7. The van der Waals surface area contributed by atoms with Crippen LogP contribution < -0.4 is 48.4 Å². The third-order valence-corrected chi connectivity index (χ3v) is 12.9. The predicted molar refractivity (Wildman–Crippen MR) is 396 cm³/mol. The molecule has 3 aromatic carbocycles. The number of halogens is 4. The van der Waals surface area contributed by atoms with Crippen molar-refractivity contribution < 1.29 is 88.3 Å². The van der Waals surface area contributed by atoms with E-state index < -0.39 is 27.6 Å². The van der Waals surface area contributed by atoms with Crippen LogP contribution in [0.5, 0.6) is 0 Å². The summed E-state index contributed by atoms with van der Waals surface area (Å²) in [7, 11) is 0. The van der Waals surface area contributed by atoms with Crippen molar-refractivity contribution in [3.8, 4) is 0 Å². The van der Waals surface area contributed by atoms with Crippen molar-refractivity contribution in [2.45, 2.75) is 153 Å². The molecule has 23 heteroatoms. The van der Waals surface area contributed by atoms with Gasteiger partial charge in [-0.3, -0.25) is 9.59 Å². The van der Waals surface area contributed by atoms with Crippen molar-refractivity contribution in [1.82, 2.24) is 25.3 Å². The minimum atomic E-state index is -0.740. The van der Waals surface area contributed by atoms with Crippen LogP contribution in [-0.2, 0) is 43.1 Å². The van der Waals surface area contributed by atoms with E-state index >= 15 is 0 Å². The molecule has 87 heavy (non-hydrogen) atoms. The van der Waals surface area contributed by atoms with Gasteiger partial charge in [0, 0.05) is 156 Å². The second-order valence-corrected chi connectivity index (χ2v) is 70.4. The third-order valence-electron chi connectivity index (χ3n) is 12.9. The van der Waals surface area contributed by atoms with Gasteiger partial charge in [0.25, 0.3) is 0 Å². The smallest absolute Gasteiger partial charge is 1.00 e. The number of hydrogen-bond acceptors (Lipinski definition) is 10. The fraction of sp³-hybridized carbons (Fsp3) is 0.547. The topological polar surface area (TPSA) is 208 Å². The zero-order valence-corrected chi connectivity index (χ0v) is 60.5. The molecule has 3 fully saturated rings. The molecule has 0 aliphatic carbocycles. The van der Waals surface area contributed by atoms with E-state index in [0.29, 0.717) is 84.3 Å². The SMILES string of the molecule is C.C.C.C=CC[C@@]1(Cc2ccccc2)CNCCN(C(=O)OC(C)(C)C)C1.C=CC[C@]1(Cc2ccccc2)CN(C(=O)OC(C)(C)C)CCCC1=O.C=CC[C@]1(Cc2ccccc2)CN(C(=O)OC(C)(C)C)CCNC1=O.IS(I)(I)I.O.[AlH3].[H-].[Li+].[Li+].[OH-]. The van der Waals surface area contributed by atoms with Crippen molar-refractivity contribution in [2.24, 2.45) is 16.2 Å². The quantitative estimate of drug-likeness (QED) is 0.0760. The van der Waals surface area contributed by atoms with Gasteiger partial charge in [-0.1, -0.05) is 132 Å². The van der Waals surface area contributed by atoms with Gasteiger partial charge >= 0.3 is 56.0 Å². The summed E-state index contributed by atoms with van der Waals surface area (Å²) in [4.78, 5) is 68.7. The first-order chi connectivity index (χ1) is 36.8. The molecule has 0 spiro atoms. The molecule has 3 heterocycles. The Kier molecular flexibility index (Phi) is 51.1. The van der Waals surface area contributed by atoms with Crippen LogP contribution in [0.15, 0.2) is 129 Å². The van der Waals surface area contributed by atoms with Gasteiger partial charge in [-0.25, -0.2) is 14.4 Å². The van der Waals surface area contributed by atoms with E-state index in [1.807, 2.05) is 140 Å². The number of nitrogens with one attached hydrogen (secondary N) is 2. The van der Waals surface area contributed by atoms with Crippen molar-refractivity contribution in [1.29, 1.82) is 0 Å². The Balaban J connectivity index is -0.000000205. The number of likely N-dealkylation sites (tertiary alicyclic amines) is 1. The Bertz CT molecular complexity index is 2350. The number of carbonyl (C=O) groups excluding carboxylic acids is 5. The molecule has 3 aromatic rings. The van der Waals surface area contributed by atoms with Crippen LogP contribution >= 0.6 is 83.5 Å². The fourth-order valence-corrected chi connectivity index (χ4v) is 9.75. The standard InChI is InChI=1S/C21H29NO3.C20H28N2O3.C20H30N2O2.3CH4.Al.I4S.2Li.2H2O.4H/c1-5-13-21(15-17-10-7-6-8-11-17)16-22(14-9-12-18(21)23)19(24)25-20(2,3)4;1-5-11-20(14-16-9-7-6-8-10-16)15-22(13-12-21-17(20)23)18(24)25-19(2,3)4;1-5-11-20(14-17-9-7-6-8-10-17)15-21-12-13-22(16-20)18(23)24-19(2,3)4;;;;;1-5(2,3)4;;;;;;;;/h5-8,10-11H,1,9,12-16H2,2-4H3;5-10H,1,11-15H2,2-4H3,(H,21,23);5-10,21H,1,11-16H2,2-4H3;3*1H4;;;;;2*1H2;;;;/q;;;;;;;;2*+1;;;;;;-1/p-1/t21-;2*20-;;;;;;;;;;;;;/m001............./s1. The van der Waals surface area contributed by atoms with Gasteiger partial charge in [0.2, 0.25) is 5.91 Å². The number of Topliss-reactive ketones (excluding diaryl/α,β-unsaturated/α-hetero) is 1. The number of ether oxygens (including phenoxy) is 3. The van der Waals surface area contributed by atoms with E-state index in [4.69, 9.17) is 14.2 Å². The third kappa shape index (κ3) is 37.9. The van der Waals surface area contributed by atoms with Crippen molar-refractivity contribution in [3.63, 3.8) is 0 Å². The predicted octanol–water partition coefficient (Wildman–Crippen LogP) is 9.22. The van der Waals surface area contributed by atoms with Crippen LogP contribution in [0.3, 0.4) is 0 Å². The van der Waals surface area contributed by atoms with Crippen LogP contribution in [0.2, 0.25) is 0 Å². The van der Waals surface area contributed by atoms with E-state index in [2.05, 4.69) is 139 Å². The van der Waals surface area contributed by atoms with Gasteiger partial charge in [-0.15, -0.1) is 19.7 Å². The van der Waals surface area contributed by atoms with Gasteiger partial charge in [0.05, 0.1) is 10.8 Å². The minimum Gasteiger partial charge on any atom is -1.00 e. The Morgan fingerprint density at radius 3 is 1.30 bits per heavy atom. The van der Waals surface area contributed by atoms with Gasteiger partial charge < -0.3 is 51.9 Å². The molecule has 4 amide bonds. The van der Waals surface area contributed by atoms with Crippen LogP contribution in [0.4, 0.5) is 14.4 Å². The maximum Gasteiger partial charge on any atom is 1.00 e. The maximum absolute atomic E-state index is 13.0. The van der Waals surface area contributed by atoms with Crippen LogP contribution in [0, 0.1) is 16.2 Å². The number of benzene rings is 3. The summed E-state index contributed by atoms with van der Waals surface area (Å²) >= 11 is 9.68. The first kappa shape index (κ1) is 96.8. The number of rotatable bonds is 12. The molecule has 0 saturated carbocycles. The average molecular weight is 1690 g/mol. The zero-order chi connectivity index (χ0) is 59.1. The van der Waals surface area contributed by atoms with Gasteiger partial charge in [-0.2, -0.15) is 0 Å². The Morgan fingerprint density at radius 2 is 0.908 bits per heavy atom. The molecule has 0 aromatic heterocycles. The van der Waals surface area contributed by atoms with Crippen molar-refractivity contribution in [2.75, 3.05) is 58.9 Å². The molecular weight excluding hydrogens is 1580 g/mol. The molecule has 5 N–H and O–H groups in total. The fourth-order valence-electron chi connectivity index (χ4n) is 9.75. The molecule has 3 aliphatic heterocycles. The molecule has 0 radical (unpaired) electrons. The average Bonchev–Trinajstić information content (AvgIpc) is 3.72. The van der Waals surface area contributed by atoms with E-state index in [9.17, 15) is 24.0 Å². The molecular formula is C64H106AlI4Li2N5O10S. The maximum atomic E-state index is 13.0. The van der Waals surface area contributed by atoms with Crippen molar-refractivity contribution in [3.05, 3.63) is 146 Å². The molecule has 6 rings (SSSR count). The van der Waals surface area contributed by atoms with Gasteiger partial charge in [0.15, 0.2) is 17.4 Å². The Labute approximate surface area is 611 Å². The number of ketones is 1. The van der Waals surface area contributed by atoms with E-state index in [0.717, 1.165) is 37.1 Å². The number of amides is 4.